The van der Waals surface area contributed by atoms with Crippen LogP contribution in [0.25, 0.3) is 6.08 Å². The Bertz CT molecular complexity index is 987. The SMILES string of the molecule is COc1cc(/C=C2/SC(=S)N(C)C2=O)ccc1OCCCOc1cccc(C)c1C. The van der Waals surface area contributed by atoms with E-state index < -0.39 is 0 Å². The molecule has 158 valence electrons. The molecule has 1 aliphatic rings. The molecule has 0 N–H and O–H groups in total. The summed E-state index contributed by atoms with van der Waals surface area (Å²) in [6.45, 7) is 5.22. The van der Waals surface area contributed by atoms with E-state index in [0.29, 0.717) is 33.9 Å². The van der Waals surface area contributed by atoms with Gasteiger partial charge in [0.1, 0.15) is 10.1 Å². The summed E-state index contributed by atoms with van der Waals surface area (Å²) in [5.74, 6) is 2.10. The van der Waals surface area contributed by atoms with Gasteiger partial charge in [-0.25, -0.2) is 0 Å². The molecule has 1 aliphatic heterocycles. The van der Waals surface area contributed by atoms with E-state index in [1.54, 1.807) is 14.2 Å². The van der Waals surface area contributed by atoms with Gasteiger partial charge in [0.2, 0.25) is 0 Å². The minimum absolute atomic E-state index is 0.0897. The van der Waals surface area contributed by atoms with Crippen LogP contribution in [0.5, 0.6) is 17.2 Å². The number of methoxy groups -OCH3 is 1. The van der Waals surface area contributed by atoms with Crippen LogP contribution in [0, 0.1) is 13.8 Å². The van der Waals surface area contributed by atoms with Gasteiger partial charge >= 0.3 is 0 Å². The van der Waals surface area contributed by atoms with E-state index in [1.165, 1.54) is 22.2 Å². The first kappa shape index (κ1) is 22.2. The molecule has 0 radical (unpaired) electrons. The molecule has 0 unspecified atom stereocenters. The molecule has 1 saturated heterocycles. The van der Waals surface area contributed by atoms with Crippen LogP contribution in [0.1, 0.15) is 23.1 Å². The molecule has 1 fully saturated rings. The highest BCUT2D eigenvalue weighted by atomic mass is 32.2. The van der Waals surface area contributed by atoms with E-state index in [2.05, 4.69) is 19.9 Å². The molecule has 0 aromatic heterocycles. The van der Waals surface area contributed by atoms with Crippen LogP contribution in [-0.4, -0.2) is 42.5 Å². The van der Waals surface area contributed by atoms with E-state index in [9.17, 15) is 4.79 Å². The summed E-state index contributed by atoms with van der Waals surface area (Å²) < 4.78 is 17.8. The predicted octanol–water partition coefficient (Wildman–Crippen LogP) is 4.99. The maximum absolute atomic E-state index is 12.2. The van der Waals surface area contributed by atoms with Gasteiger partial charge in [-0.05, 0) is 54.8 Å². The lowest BCUT2D eigenvalue weighted by atomic mass is 10.1. The number of likely N-dealkylation sites (N-methyl/N-ethyl adjacent to an activating group) is 1. The van der Waals surface area contributed by atoms with Crippen molar-refractivity contribution in [1.82, 2.24) is 4.90 Å². The van der Waals surface area contributed by atoms with Gasteiger partial charge in [-0.2, -0.15) is 0 Å². The molecule has 1 amide bonds. The molecule has 2 aromatic rings. The van der Waals surface area contributed by atoms with E-state index >= 15 is 0 Å². The van der Waals surface area contributed by atoms with Crippen molar-refractivity contribution in [3.63, 3.8) is 0 Å². The number of thiocarbonyl (C=S) groups is 1. The van der Waals surface area contributed by atoms with Gasteiger partial charge in [-0.1, -0.05) is 42.2 Å². The van der Waals surface area contributed by atoms with Crippen molar-refractivity contribution < 1.29 is 19.0 Å². The average Bonchev–Trinajstić information content (AvgIpc) is 2.98. The minimum atomic E-state index is -0.0897. The number of amides is 1. The van der Waals surface area contributed by atoms with E-state index in [1.807, 2.05) is 36.4 Å². The lowest BCUT2D eigenvalue weighted by Gasteiger charge is -2.13. The van der Waals surface area contributed by atoms with Crippen LogP contribution in [0.3, 0.4) is 0 Å². The minimum Gasteiger partial charge on any atom is -0.493 e. The molecule has 1 heterocycles. The number of ether oxygens (including phenoxy) is 3. The Morgan fingerprint density at radius 2 is 1.80 bits per heavy atom. The molecule has 0 atom stereocenters. The molecular weight excluding hydrogens is 418 g/mol. The van der Waals surface area contributed by atoms with Gasteiger partial charge in [0.15, 0.2) is 11.5 Å². The Kier molecular flexibility index (Phi) is 7.39. The number of thioether (sulfide) groups is 1. The summed E-state index contributed by atoms with van der Waals surface area (Å²) in [6, 6.07) is 11.7. The maximum atomic E-state index is 12.2. The Morgan fingerprint density at radius 3 is 2.47 bits per heavy atom. The zero-order valence-corrected chi connectivity index (χ0v) is 19.2. The lowest BCUT2D eigenvalue weighted by molar-refractivity contribution is -0.121. The topological polar surface area (TPSA) is 48.0 Å². The van der Waals surface area contributed by atoms with Gasteiger partial charge in [0.05, 0.1) is 25.2 Å². The summed E-state index contributed by atoms with van der Waals surface area (Å²) in [5.41, 5.74) is 3.23. The van der Waals surface area contributed by atoms with Crippen molar-refractivity contribution in [1.29, 1.82) is 0 Å². The maximum Gasteiger partial charge on any atom is 0.265 e. The van der Waals surface area contributed by atoms with Gasteiger partial charge in [-0.15, -0.1) is 0 Å². The normalized spacial score (nSPS) is 15.1. The first-order valence-electron chi connectivity index (χ1n) is 9.62. The number of nitrogens with zero attached hydrogens (tertiary/aromatic N) is 1. The zero-order valence-electron chi connectivity index (χ0n) is 17.6. The van der Waals surface area contributed by atoms with Crippen LogP contribution in [0.15, 0.2) is 41.3 Å². The van der Waals surface area contributed by atoms with Crippen molar-refractivity contribution in [3.05, 3.63) is 58.0 Å². The van der Waals surface area contributed by atoms with Crippen LogP contribution in [0.4, 0.5) is 0 Å². The molecule has 0 spiro atoms. The summed E-state index contributed by atoms with van der Waals surface area (Å²) >= 11 is 6.46. The molecule has 2 aromatic carbocycles. The zero-order chi connectivity index (χ0) is 21.7. The van der Waals surface area contributed by atoms with Crippen molar-refractivity contribution in [2.75, 3.05) is 27.4 Å². The molecule has 0 bridgehead atoms. The predicted molar refractivity (Wildman–Crippen MR) is 125 cm³/mol. The monoisotopic (exact) mass is 443 g/mol. The number of rotatable bonds is 8. The van der Waals surface area contributed by atoms with Crippen molar-refractivity contribution in [2.45, 2.75) is 20.3 Å². The number of hydrogen-bond donors (Lipinski definition) is 0. The molecule has 30 heavy (non-hydrogen) atoms. The second kappa shape index (κ2) is 10.00. The number of carbonyl (C=O) groups is 1. The first-order chi connectivity index (χ1) is 14.4. The number of hydrogen-bond acceptors (Lipinski definition) is 6. The molecule has 7 heteroatoms. The Morgan fingerprint density at radius 1 is 1.07 bits per heavy atom. The number of aryl methyl sites for hydroxylation is 1. The highest BCUT2D eigenvalue weighted by molar-refractivity contribution is 8.26. The van der Waals surface area contributed by atoms with Gasteiger partial charge in [0.25, 0.3) is 5.91 Å². The smallest absolute Gasteiger partial charge is 0.265 e. The Balaban J connectivity index is 1.56. The summed E-state index contributed by atoms with van der Waals surface area (Å²) in [6.07, 6.45) is 2.56. The van der Waals surface area contributed by atoms with E-state index in [0.717, 1.165) is 23.3 Å². The Labute approximate surface area is 187 Å². The molecule has 3 rings (SSSR count). The van der Waals surface area contributed by atoms with Crippen LogP contribution >= 0.6 is 24.0 Å². The number of benzene rings is 2. The third-order valence-electron chi connectivity index (χ3n) is 4.83. The summed E-state index contributed by atoms with van der Waals surface area (Å²) in [5, 5.41) is 0. The summed E-state index contributed by atoms with van der Waals surface area (Å²) in [7, 11) is 3.28. The second-order valence-corrected chi connectivity index (χ2v) is 8.58. The van der Waals surface area contributed by atoms with Crippen LogP contribution in [0.2, 0.25) is 0 Å². The summed E-state index contributed by atoms with van der Waals surface area (Å²) in [4.78, 5) is 14.2. The van der Waals surface area contributed by atoms with Gasteiger partial charge < -0.3 is 14.2 Å². The Hall–Kier alpha value is -2.51. The standard InChI is InChI=1S/C23H25NO4S2/c1-15-7-5-8-18(16(15)2)27-11-6-12-28-19-10-9-17(13-20(19)26-4)14-21-22(25)24(3)23(29)30-21/h5,7-10,13-14H,6,11-12H2,1-4H3/b21-14+. The fourth-order valence-electron chi connectivity index (χ4n) is 2.89. The highest BCUT2D eigenvalue weighted by Gasteiger charge is 2.28. The molecule has 0 aliphatic carbocycles. The van der Waals surface area contributed by atoms with Gasteiger partial charge in [-0.3, -0.25) is 9.69 Å². The lowest BCUT2D eigenvalue weighted by Crippen LogP contribution is -2.22. The first-order valence-corrected chi connectivity index (χ1v) is 10.8. The molecule has 5 nitrogen and oxygen atoms in total. The third kappa shape index (κ3) is 5.15. The van der Waals surface area contributed by atoms with E-state index in [-0.39, 0.29) is 5.91 Å². The fourth-order valence-corrected chi connectivity index (χ4v) is 4.07. The molecular formula is C23H25NO4S2. The largest absolute Gasteiger partial charge is 0.493 e. The van der Waals surface area contributed by atoms with Crippen molar-refractivity contribution in [2.24, 2.45) is 0 Å². The fraction of sp³-hybridized carbons (Fsp3) is 0.304. The van der Waals surface area contributed by atoms with E-state index in [4.69, 9.17) is 26.4 Å². The van der Waals surface area contributed by atoms with Crippen molar-refractivity contribution >= 4 is 40.3 Å². The quantitative estimate of drug-likeness (QED) is 0.325. The van der Waals surface area contributed by atoms with Crippen molar-refractivity contribution in [3.8, 4) is 17.2 Å². The highest BCUT2D eigenvalue weighted by Crippen LogP contribution is 2.34. The average molecular weight is 444 g/mol. The molecule has 0 saturated carbocycles. The van der Waals surface area contributed by atoms with Gasteiger partial charge in [0, 0.05) is 13.5 Å². The second-order valence-electron chi connectivity index (χ2n) is 6.90. The van der Waals surface area contributed by atoms with Crippen LogP contribution in [-0.2, 0) is 4.79 Å². The van der Waals surface area contributed by atoms with Crippen LogP contribution < -0.4 is 14.2 Å². The number of carbonyl (C=O) groups excluding carboxylic acids is 1. The third-order valence-corrected chi connectivity index (χ3v) is 6.32.